The molecule has 2 amide bonds. The summed E-state index contributed by atoms with van der Waals surface area (Å²) in [6.45, 7) is 1.45. The maximum atomic E-state index is 12.2. The summed E-state index contributed by atoms with van der Waals surface area (Å²) in [6.07, 6.45) is 5.23. The van der Waals surface area contributed by atoms with Gasteiger partial charge in [0.15, 0.2) is 9.84 Å². The highest BCUT2D eigenvalue weighted by Crippen LogP contribution is 2.21. The molecule has 3 heterocycles. The number of piperidine rings is 1. The number of amides is 2. The van der Waals surface area contributed by atoms with Crippen LogP contribution in [0.4, 0.5) is 4.79 Å². The fraction of sp³-hybridized carbons (Fsp3) is 0.625. The summed E-state index contributed by atoms with van der Waals surface area (Å²) in [5.74, 6) is 0.819. The van der Waals surface area contributed by atoms with Crippen molar-refractivity contribution in [2.45, 2.75) is 31.7 Å². The summed E-state index contributed by atoms with van der Waals surface area (Å²) in [4.78, 5) is 18.4. The number of likely N-dealkylation sites (tertiary alicyclic amines) is 1. The van der Waals surface area contributed by atoms with Crippen molar-refractivity contribution >= 4 is 15.9 Å². The van der Waals surface area contributed by atoms with Crippen LogP contribution in [0, 0.1) is 5.92 Å². The van der Waals surface area contributed by atoms with E-state index in [4.69, 9.17) is 0 Å². The van der Waals surface area contributed by atoms with Crippen LogP contribution >= 0.6 is 0 Å². The second-order valence-corrected chi connectivity index (χ2v) is 8.73. The molecular formula is C16H23N3O3S. The van der Waals surface area contributed by atoms with E-state index < -0.39 is 9.84 Å². The van der Waals surface area contributed by atoms with Crippen molar-refractivity contribution in [3.8, 4) is 0 Å². The predicted molar refractivity (Wildman–Crippen MR) is 87.8 cm³/mol. The Morgan fingerprint density at radius 2 is 2.04 bits per heavy atom. The van der Waals surface area contributed by atoms with Gasteiger partial charge in [0.05, 0.1) is 11.5 Å². The average Bonchev–Trinajstić information content (AvgIpc) is 2.88. The van der Waals surface area contributed by atoms with E-state index in [1.807, 2.05) is 24.4 Å². The smallest absolute Gasteiger partial charge is 0.317 e. The van der Waals surface area contributed by atoms with Crippen molar-refractivity contribution in [3.63, 3.8) is 0 Å². The van der Waals surface area contributed by atoms with Crippen LogP contribution in [-0.2, 0) is 16.3 Å². The minimum Gasteiger partial charge on any atom is -0.334 e. The molecule has 6 nitrogen and oxygen atoms in total. The molecule has 3 rings (SSSR count). The second-order valence-electron chi connectivity index (χ2n) is 6.51. The van der Waals surface area contributed by atoms with E-state index in [9.17, 15) is 13.2 Å². The van der Waals surface area contributed by atoms with Gasteiger partial charge in [0.1, 0.15) is 0 Å². The molecule has 0 radical (unpaired) electrons. The zero-order valence-corrected chi connectivity index (χ0v) is 14.0. The number of rotatable bonds is 3. The average molecular weight is 337 g/mol. The lowest BCUT2D eigenvalue weighted by Crippen LogP contribution is -2.48. The molecule has 126 valence electrons. The molecule has 0 bridgehead atoms. The second kappa shape index (κ2) is 6.86. The number of hydrogen-bond acceptors (Lipinski definition) is 4. The van der Waals surface area contributed by atoms with Crippen LogP contribution in [0.15, 0.2) is 24.4 Å². The highest BCUT2D eigenvalue weighted by molar-refractivity contribution is 7.91. The van der Waals surface area contributed by atoms with Gasteiger partial charge in [-0.2, -0.15) is 0 Å². The van der Waals surface area contributed by atoms with Gasteiger partial charge in [-0.3, -0.25) is 4.98 Å². The van der Waals surface area contributed by atoms with Gasteiger partial charge >= 0.3 is 6.03 Å². The number of aromatic nitrogens is 1. The van der Waals surface area contributed by atoms with Gasteiger partial charge in [0.2, 0.25) is 0 Å². The number of pyridine rings is 1. The van der Waals surface area contributed by atoms with Gasteiger partial charge in [0.25, 0.3) is 0 Å². The molecule has 1 aromatic rings. The first kappa shape index (κ1) is 16.2. The molecule has 0 spiro atoms. The fourth-order valence-electron chi connectivity index (χ4n) is 3.33. The summed E-state index contributed by atoms with van der Waals surface area (Å²) in [5.41, 5.74) is 1.10. The van der Waals surface area contributed by atoms with E-state index in [1.54, 1.807) is 4.90 Å². The monoisotopic (exact) mass is 337 g/mol. The van der Waals surface area contributed by atoms with Gasteiger partial charge in [-0.15, -0.1) is 0 Å². The summed E-state index contributed by atoms with van der Waals surface area (Å²) < 4.78 is 22.9. The summed E-state index contributed by atoms with van der Waals surface area (Å²) in [5, 5.41) is 2.86. The Hall–Kier alpha value is -1.63. The first-order chi connectivity index (χ1) is 11.0. The summed E-state index contributed by atoms with van der Waals surface area (Å²) in [7, 11) is -2.96. The molecule has 23 heavy (non-hydrogen) atoms. The van der Waals surface area contributed by atoms with Crippen LogP contribution < -0.4 is 5.32 Å². The number of nitrogens with one attached hydrogen (secondary N) is 1. The minimum absolute atomic E-state index is 0.0783. The van der Waals surface area contributed by atoms with E-state index in [0.717, 1.165) is 38.0 Å². The van der Waals surface area contributed by atoms with Crippen molar-refractivity contribution in [2.24, 2.45) is 5.92 Å². The molecule has 2 fully saturated rings. The Morgan fingerprint density at radius 3 is 2.65 bits per heavy atom. The van der Waals surface area contributed by atoms with Crippen molar-refractivity contribution in [1.29, 1.82) is 0 Å². The normalized spacial score (nSPS) is 24.5. The van der Waals surface area contributed by atoms with Crippen molar-refractivity contribution in [1.82, 2.24) is 15.2 Å². The van der Waals surface area contributed by atoms with E-state index in [0.29, 0.717) is 12.3 Å². The zero-order chi connectivity index (χ0) is 16.3. The molecule has 0 saturated carbocycles. The predicted octanol–water partition coefficient (Wildman–Crippen LogP) is 1.23. The number of urea groups is 1. The highest BCUT2D eigenvalue weighted by Gasteiger charge is 2.31. The SMILES string of the molecule is O=C(NC1CCS(=O)(=O)C1)N1CCC(Cc2ccccn2)CC1. The van der Waals surface area contributed by atoms with Crippen molar-refractivity contribution < 1.29 is 13.2 Å². The lowest BCUT2D eigenvalue weighted by molar-refractivity contribution is 0.167. The van der Waals surface area contributed by atoms with Gasteiger partial charge in [0, 0.05) is 31.0 Å². The molecule has 2 saturated heterocycles. The third kappa shape index (κ3) is 4.43. The first-order valence-corrected chi connectivity index (χ1v) is 10.00. The Labute approximate surface area is 137 Å². The van der Waals surface area contributed by atoms with Gasteiger partial charge in [-0.1, -0.05) is 6.07 Å². The molecule has 1 atom stereocenters. The number of carbonyl (C=O) groups is 1. The minimum atomic E-state index is -2.96. The van der Waals surface area contributed by atoms with E-state index in [2.05, 4.69) is 10.3 Å². The molecule has 1 N–H and O–H groups in total. The van der Waals surface area contributed by atoms with Crippen LogP contribution in [0.3, 0.4) is 0 Å². The Morgan fingerprint density at radius 1 is 1.26 bits per heavy atom. The Balaban J connectivity index is 1.44. The van der Waals surface area contributed by atoms with Crippen molar-refractivity contribution in [2.75, 3.05) is 24.6 Å². The third-order valence-corrected chi connectivity index (χ3v) is 6.45. The topological polar surface area (TPSA) is 79.4 Å². The van der Waals surface area contributed by atoms with Gasteiger partial charge < -0.3 is 10.2 Å². The standard InChI is InChI=1S/C16H23N3O3S/c20-16(18-15-6-10-23(21,22)12-15)19-8-4-13(5-9-19)11-14-3-1-2-7-17-14/h1-3,7,13,15H,4-6,8-12H2,(H,18,20). The quantitative estimate of drug-likeness (QED) is 0.900. The van der Waals surface area contributed by atoms with Gasteiger partial charge in [-0.05, 0) is 43.7 Å². The summed E-state index contributed by atoms with van der Waals surface area (Å²) >= 11 is 0. The highest BCUT2D eigenvalue weighted by atomic mass is 32.2. The molecule has 1 unspecified atom stereocenters. The number of nitrogens with zero attached hydrogens (tertiary/aromatic N) is 2. The number of sulfone groups is 1. The molecule has 1 aromatic heterocycles. The van der Waals surface area contributed by atoms with Crippen LogP contribution in [0.2, 0.25) is 0 Å². The van der Waals surface area contributed by atoms with Crippen LogP contribution in [0.1, 0.15) is 25.0 Å². The van der Waals surface area contributed by atoms with E-state index >= 15 is 0 Å². The fourth-order valence-corrected chi connectivity index (χ4v) is 5.00. The molecular weight excluding hydrogens is 314 g/mol. The maximum Gasteiger partial charge on any atom is 0.317 e. The Kier molecular flexibility index (Phi) is 4.84. The van der Waals surface area contributed by atoms with E-state index in [-0.39, 0.29) is 23.6 Å². The lowest BCUT2D eigenvalue weighted by Gasteiger charge is -2.32. The van der Waals surface area contributed by atoms with Crippen LogP contribution in [-0.4, -0.2) is 55.0 Å². The largest absolute Gasteiger partial charge is 0.334 e. The van der Waals surface area contributed by atoms with E-state index in [1.165, 1.54) is 0 Å². The number of carbonyl (C=O) groups excluding carboxylic acids is 1. The van der Waals surface area contributed by atoms with Crippen LogP contribution in [0.25, 0.3) is 0 Å². The zero-order valence-electron chi connectivity index (χ0n) is 13.1. The third-order valence-electron chi connectivity index (χ3n) is 4.69. The molecule has 0 aromatic carbocycles. The van der Waals surface area contributed by atoms with Crippen molar-refractivity contribution in [3.05, 3.63) is 30.1 Å². The molecule has 7 heteroatoms. The first-order valence-electron chi connectivity index (χ1n) is 8.17. The Bertz CT molecular complexity index is 640. The van der Waals surface area contributed by atoms with Crippen LogP contribution in [0.5, 0.6) is 0 Å². The number of hydrogen-bond donors (Lipinski definition) is 1. The van der Waals surface area contributed by atoms with Gasteiger partial charge in [-0.25, -0.2) is 13.2 Å². The lowest BCUT2D eigenvalue weighted by atomic mass is 9.92. The molecule has 2 aliphatic rings. The molecule has 0 aliphatic carbocycles. The molecule has 2 aliphatic heterocycles. The summed E-state index contributed by atoms with van der Waals surface area (Å²) in [6, 6.07) is 5.61. The maximum absolute atomic E-state index is 12.2.